The first kappa shape index (κ1) is 7.97. The Hall–Kier alpha value is -1.13. The third kappa shape index (κ3) is 1.66. The first-order chi connectivity index (χ1) is 5.02. The number of rotatable bonds is 0. The summed E-state index contributed by atoms with van der Waals surface area (Å²) < 4.78 is 35.4. The average Bonchev–Trinajstić information content (AvgIpc) is 1.86. The van der Waals surface area contributed by atoms with Crippen LogP contribution in [0.3, 0.4) is 0 Å². The van der Waals surface area contributed by atoms with Crippen LogP contribution in [0.4, 0.5) is 13.2 Å². The molecule has 0 aromatic carbocycles. The molecule has 0 aromatic rings. The second-order valence-electron chi connectivity index (χ2n) is 1.99. The van der Waals surface area contributed by atoms with Crippen molar-refractivity contribution >= 4 is 11.5 Å². The van der Waals surface area contributed by atoms with E-state index in [2.05, 4.69) is 4.99 Å². The largest absolute Gasteiger partial charge is 0.436 e. The van der Waals surface area contributed by atoms with Crippen molar-refractivity contribution in [3.63, 3.8) is 0 Å². The lowest BCUT2D eigenvalue weighted by molar-refractivity contribution is -0.116. The lowest BCUT2D eigenvalue weighted by atomic mass is 10.1. The van der Waals surface area contributed by atoms with Crippen LogP contribution in [-0.2, 0) is 4.79 Å². The van der Waals surface area contributed by atoms with Gasteiger partial charge in [-0.2, -0.15) is 13.2 Å². The van der Waals surface area contributed by atoms with E-state index < -0.39 is 17.7 Å². The van der Waals surface area contributed by atoms with Gasteiger partial charge in [0.2, 0.25) is 0 Å². The molecule has 0 saturated carbocycles. The smallest absolute Gasteiger partial charge is 0.292 e. The topological polar surface area (TPSA) is 29.4 Å². The van der Waals surface area contributed by atoms with Crippen molar-refractivity contribution < 1.29 is 18.0 Å². The fraction of sp³-hybridized carbons (Fsp3) is 0.333. The monoisotopic (exact) mass is 163 g/mol. The Balaban J connectivity index is 2.93. The van der Waals surface area contributed by atoms with E-state index in [0.717, 1.165) is 6.20 Å². The Morgan fingerprint density at radius 1 is 1.45 bits per heavy atom. The summed E-state index contributed by atoms with van der Waals surface area (Å²) in [6.45, 7) is 0. The van der Waals surface area contributed by atoms with E-state index in [1.807, 2.05) is 0 Å². The molecular formula is C6H4F3NO. The Morgan fingerprint density at radius 3 is 2.45 bits per heavy atom. The number of hydrogen-bond acceptors (Lipinski definition) is 2. The van der Waals surface area contributed by atoms with E-state index in [0.29, 0.717) is 0 Å². The van der Waals surface area contributed by atoms with Gasteiger partial charge in [-0.15, -0.1) is 0 Å². The Labute approximate surface area is 60.4 Å². The summed E-state index contributed by atoms with van der Waals surface area (Å²) >= 11 is 0. The second kappa shape index (κ2) is 2.48. The van der Waals surface area contributed by atoms with Crippen LogP contribution >= 0.6 is 0 Å². The molecule has 0 aromatic heterocycles. The van der Waals surface area contributed by atoms with Gasteiger partial charge in [0.05, 0.1) is 0 Å². The van der Waals surface area contributed by atoms with E-state index in [4.69, 9.17) is 0 Å². The molecular weight excluding hydrogens is 159 g/mol. The number of allylic oxidation sites excluding steroid dienone is 1. The van der Waals surface area contributed by atoms with Gasteiger partial charge >= 0.3 is 6.18 Å². The van der Waals surface area contributed by atoms with Gasteiger partial charge in [0.25, 0.3) is 0 Å². The number of halogens is 3. The minimum Gasteiger partial charge on any atom is -0.292 e. The van der Waals surface area contributed by atoms with Crippen molar-refractivity contribution in [2.75, 3.05) is 0 Å². The van der Waals surface area contributed by atoms with Crippen molar-refractivity contribution in [3.05, 3.63) is 12.3 Å². The predicted molar refractivity (Wildman–Crippen MR) is 32.3 cm³/mol. The first-order valence-corrected chi connectivity index (χ1v) is 2.85. The lowest BCUT2D eigenvalue weighted by Crippen LogP contribution is -2.31. The van der Waals surface area contributed by atoms with Gasteiger partial charge in [-0.05, 0) is 0 Å². The van der Waals surface area contributed by atoms with Crippen LogP contribution in [0.15, 0.2) is 17.3 Å². The van der Waals surface area contributed by atoms with Crippen LogP contribution in [0.25, 0.3) is 0 Å². The highest BCUT2D eigenvalue weighted by Gasteiger charge is 2.40. The van der Waals surface area contributed by atoms with Gasteiger partial charge in [-0.25, -0.2) is 4.99 Å². The number of hydrogen-bond donors (Lipinski definition) is 0. The van der Waals surface area contributed by atoms with Crippen molar-refractivity contribution in [3.8, 4) is 0 Å². The molecule has 1 heterocycles. The SMILES string of the molecule is O=C1CC=CN=C1C(F)(F)F. The third-order valence-corrected chi connectivity index (χ3v) is 1.14. The molecule has 0 fully saturated rings. The van der Waals surface area contributed by atoms with Gasteiger partial charge in [-0.1, -0.05) is 6.08 Å². The zero-order chi connectivity index (χ0) is 8.48. The predicted octanol–water partition coefficient (Wildman–Crippen LogP) is 1.48. The summed E-state index contributed by atoms with van der Waals surface area (Å²) in [6, 6.07) is 0. The summed E-state index contributed by atoms with van der Waals surface area (Å²) in [5.74, 6) is -0.972. The Kier molecular flexibility index (Phi) is 1.80. The summed E-state index contributed by atoms with van der Waals surface area (Å²) in [5.41, 5.74) is -1.31. The van der Waals surface area contributed by atoms with E-state index >= 15 is 0 Å². The molecule has 11 heavy (non-hydrogen) atoms. The molecule has 5 heteroatoms. The van der Waals surface area contributed by atoms with E-state index in [-0.39, 0.29) is 6.42 Å². The molecule has 60 valence electrons. The molecule has 2 nitrogen and oxygen atoms in total. The minimum absolute atomic E-state index is 0.210. The summed E-state index contributed by atoms with van der Waals surface area (Å²) in [5, 5.41) is 0. The van der Waals surface area contributed by atoms with Crippen molar-refractivity contribution in [1.82, 2.24) is 0 Å². The fourth-order valence-corrected chi connectivity index (χ4v) is 0.687. The van der Waals surface area contributed by atoms with Gasteiger partial charge in [0, 0.05) is 12.6 Å². The second-order valence-corrected chi connectivity index (χ2v) is 1.99. The zero-order valence-electron chi connectivity index (χ0n) is 5.35. The molecule has 0 saturated heterocycles. The molecule has 1 aliphatic heterocycles. The third-order valence-electron chi connectivity index (χ3n) is 1.14. The highest BCUT2D eigenvalue weighted by Crippen LogP contribution is 2.20. The molecule has 1 rings (SSSR count). The number of alkyl halides is 3. The number of carbonyl (C=O) groups is 1. The van der Waals surface area contributed by atoms with Gasteiger partial charge < -0.3 is 0 Å². The lowest BCUT2D eigenvalue weighted by Gasteiger charge is -2.09. The number of ketones is 1. The van der Waals surface area contributed by atoms with Crippen LogP contribution in [0.5, 0.6) is 0 Å². The normalized spacial score (nSPS) is 18.5. The number of aliphatic imine (C=N–C) groups is 1. The summed E-state index contributed by atoms with van der Waals surface area (Å²) in [6.07, 6.45) is -2.54. The van der Waals surface area contributed by atoms with Crippen LogP contribution < -0.4 is 0 Å². The molecule has 0 bridgehead atoms. The minimum atomic E-state index is -4.61. The van der Waals surface area contributed by atoms with Gasteiger partial charge in [-0.3, -0.25) is 4.79 Å². The van der Waals surface area contributed by atoms with Crippen LogP contribution in [0.1, 0.15) is 6.42 Å². The van der Waals surface area contributed by atoms with Crippen LogP contribution in [0.2, 0.25) is 0 Å². The highest BCUT2D eigenvalue weighted by atomic mass is 19.4. The zero-order valence-corrected chi connectivity index (χ0v) is 5.35. The standard InChI is InChI=1S/C6H4F3NO/c7-6(8,9)5-4(11)2-1-3-10-5/h1,3H,2H2. The summed E-state index contributed by atoms with van der Waals surface area (Å²) in [4.78, 5) is 13.5. The molecule has 0 amide bonds. The molecule has 0 unspecified atom stereocenters. The number of nitrogens with zero attached hydrogens (tertiary/aromatic N) is 1. The molecule has 0 atom stereocenters. The number of carbonyl (C=O) groups excluding carboxylic acids is 1. The average molecular weight is 163 g/mol. The quantitative estimate of drug-likeness (QED) is 0.531. The van der Waals surface area contributed by atoms with Gasteiger partial charge in [0.15, 0.2) is 11.5 Å². The van der Waals surface area contributed by atoms with E-state index in [9.17, 15) is 18.0 Å². The molecule has 0 spiro atoms. The molecule has 0 N–H and O–H groups in total. The molecule has 0 radical (unpaired) electrons. The summed E-state index contributed by atoms with van der Waals surface area (Å²) in [7, 11) is 0. The van der Waals surface area contributed by atoms with Gasteiger partial charge in [0.1, 0.15) is 0 Å². The highest BCUT2D eigenvalue weighted by molar-refractivity contribution is 6.42. The van der Waals surface area contributed by atoms with Crippen LogP contribution in [-0.4, -0.2) is 17.7 Å². The van der Waals surface area contributed by atoms with E-state index in [1.54, 1.807) is 0 Å². The van der Waals surface area contributed by atoms with Crippen molar-refractivity contribution in [1.29, 1.82) is 0 Å². The fourth-order valence-electron chi connectivity index (χ4n) is 0.687. The van der Waals surface area contributed by atoms with Crippen molar-refractivity contribution in [2.45, 2.75) is 12.6 Å². The van der Waals surface area contributed by atoms with E-state index in [1.165, 1.54) is 6.08 Å². The number of Topliss-reactive ketones (excluding diaryl/α,β-unsaturated/α-hetero) is 1. The Morgan fingerprint density at radius 2 is 2.09 bits per heavy atom. The molecule has 1 aliphatic rings. The molecule has 0 aliphatic carbocycles. The van der Waals surface area contributed by atoms with Crippen LogP contribution in [0, 0.1) is 0 Å². The Bertz CT molecular complexity index is 239. The maximum Gasteiger partial charge on any atom is 0.436 e. The first-order valence-electron chi connectivity index (χ1n) is 2.85. The maximum atomic E-state index is 11.8. The maximum absolute atomic E-state index is 11.8. The van der Waals surface area contributed by atoms with Crippen molar-refractivity contribution in [2.24, 2.45) is 4.99 Å².